The Hall–Kier alpha value is -2.82. The van der Waals surface area contributed by atoms with Gasteiger partial charge in [-0.05, 0) is 37.5 Å². The Balaban J connectivity index is 1.60. The third-order valence-corrected chi connectivity index (χ3v) is 6.41. The van der Waals surface area contributed by atoms with E-state index in [1.165, 1.54) is 29.8 Å². The van der Waals surface area contributed by atoms with Crippen LogP contribution in [0, 0.1) is 12.7 Å². The molecule has 1 saturated carbocycles. The molecular weight excluding hydrogens is 423 g/mol. The van der Waals surface area contributed by atoms with E-state index in [-0.39, 0.29) is 19.0 Å². The number of aromatic nitrogens is 2. The number of nitrogens with zero attached hydrogens (tertiary/aromatic N) is 2. The number of carbonyl (C=O) groups excluding carboxylic acids is 1. The van der Waals surface area contributed by atoms with Crippen molar-refractivity contribution in [2.24, 2.45) is 5.73 Å². The van der Waals surface area contributed by atoms with Gasteiger partial charge in [-0.1, -0.05) is 0 Å². The van der Waals surface area contributed by atoms with Gasteiger partial charge in [0.2, 0.25) is 0 Å². The predicted molar refractivity (Wildman–Crippen MR) is 115 cm³/mol. The summed E-state index contributed by atoms with van der Waals surface area (Å²) in [5, 5.41) is 3.92. The first-order chi connectivity index (χ1) is 15.0. The zero-order valence-corrected chi connectivity index (χ0v) is 18.0. The van der Waals surface area contributed by atoms with Gasteiger partial charge in [0.15, 0.2) is 0 Å². The third kappa shape index (κ3) is 4.60. The molecule has 3 N–H and O–H groups in total. The first-order valence-electron chi connectivity index (χ1n) is 9.84. The van der Waals surface area contributed by atoms with E-state index in [2.05, 4.69) is 15.3 Å². The van der Waals surface area contributed by atoms with Gasteiger partial charge in [-0.25, -0.2) is 14.4 Å². The lowest BCUT2D eigenvalue weighted by Gasteiger charge is -2.18. The summed E-state index contributed by atoms with van der Waals surface area (Å²) in [6.07, 6.45) is 3.71. The first-order valence-corrected chi connectivity index (χ1v) is 10.7. The van der Waals surface area contributed by atoms with Crippen LogP contribution in [-0.4, -0.2) is 42.0 Å². The minimum Gasteiger partial charge on any atom is -0.488 e. The molecule has 0 radical (unpaired) electrons. The standard InChI is InChI=1S/C21H23FN4O4S/c1-11-17-20(24-9-25-21(17)31-18(11)19(23)27)26-15-6-3-12(22)7-16(15)30-14-5-4-13(8-14)29-10-28-2/h3,6-7,9,13-14H,4-5,8,10H2,1-2H3,(H2,23,27)(H,24,25,26)/t13-,14-/m0/s1. The summed E-state index contributed by atoms with van der Waals surface area (Å²) in [7, 11) is 1.58. The molecule has 10 heteroatoms. The van der Waals surface area contributed by atoms with Crippen molar-refractivity contribution in [2.75, 3.05) is 19.2 Å². The molecule has 1 aliphatic rings. The molecule has 2 heterocycles. The smallest absolute Gasteiger partial charge is 0.259 e. The second-order valence-corrected chi connectivity index (χ2v) is 8.34. The molecule has 1 aliphatic carbocycles. The van der Waals surface area contributed by atoms with Gasteiger partial charge in [-0.15, -0.1) is 11.3 Å². The van der Waals surface area contributed by atoms with Crippen molar-refractivity contribution in [3.8, 4) is 5.75 Å². The number of primary amides is 1. The predicted octanol–water partition coefficient (Wildman–Crippen LogP) is 3.90. The average Bonchev–Trinajstić information content (AvgIpc) is 3.33. The van der Waals surface area contributed by atoms with Gasteiger partial charge in [-0.2, -0.15) is 0 Å². The maximum atomic E-state index is 14.0. The maximum absolute atomic E-state index is 14.0. The van der Waals surface area contributed by atoms with Gasteiger partial charge < -0.3 is 25.3 Å². The summed E-state index contributed by atoms with van der Waals surface area (Å²) >= 11 is 1.22. The number of nitrogens with one attached hydrogen (secondary N) is 1. The number of thiophene rings is 1. The number of rotatable bonds is 8. The number of anilines is 2. The van der Waals surface area contributed by atoms with E-state index in [1.807, 2.05) is 0 Å². The minimum atomic E-state index is -0.510. The summed E-state index contributed by atoms with van der Waals surface area (Å²) < 4.78 is 30.7. The molecule has 0 saturated heterocycles. The second-order valence-electron chi connectivity index (χ2n) is 7.34. The number of ether oxygens (including phenoxy) is 3. The molecule has 31 heavy (non-hydrogen) atoms. The fourth-order valence-electron chi connectivity index (χ4n) is 3.73. The number of benzene rings is 1. The van der Waals surface area contributed by atoms with Crippen molar-refractivity contribution >= 4 is 39.0 Å². The molecule has 8 nitrogen and oxygen atoms in total. The summed E-state index contributed by atoms with van der Waals surface area (Å²) in [6, 6.07) is 4.30. The SMILES string of the molecule is COCO[C@H]1CC[C@H](Oc2cc(F)ccc2Nc2ncnc3sc(C(N)=O)c(C)c23)C1. The van der Waals surface area contributed by atoms with Crippen molar-refractivity contribution in [1.29, 1.82) is 0 Å². The van der Waals surface area contributed by atoms with E-state index in [0.29, 0.717) is 44.3 Å². The molecule has 0 spiro atoms. The lowest BCUT2D eigenvalue weighted by Crippen LogP contribution is -2.17. The van der Waals surface area contributed by atoms with Gasteiger partial charge in [0.1, 0.15) is 41.4 Å². The van der Waals surface area contributed by atoms with E-state index in [4.69, 9.17) is 19.9 Å². The molecule has 3 aromatic rings. The van der Waals surface area contributed by atoms with Crippen LogP contribution in [0.1, 0.15) is 34.5 Å². The van der Waals surface area contributed by atoms with Crippen LogP contribution < -0.4 is 15.8 Å². The maximum Gasteiger partial charge on any atom is 0.259 e. The molecule has 2 aromatic heterocycles. The topological polar surface area (TPSA) is 109 Å². The van der Waals surface area contributed by atoms with Crippen molar-refractivity contribution in [3.63, 3.8) is 0 Å². The molecule has 4 rings (SSSR count). The average molecular weight is 447 g/mol. The number of fused-ring (bicyclic) bond motifs is 1. The summed E-state index contributed by atoms with van der Waals surface area (Å²) in [6.45, 7) is 2.04. The van der Waals surface area contributed by atoms with Crippen LogP contribution in [0.25, 0.3) is 10.2 Å². The minimum absolute atomic E-state index is 0.0529. The molecule has 0 aliphatic heterocycles. The third-order valence-electron chi connectivity index (χ3n) is 5.20. The number of aryl methyl sites for hydroxylation is 1. The first kappa shape index (κ1) is 21.4. The van der Waals surface area contributed by atoms with Gasteiger partial charge in [0, 0.05) is 19.6 Å². The monoisotopic (exact) mass is 446 g/mol. The molecule has 1 amide bonds. The number of hydrogen-bond donors (Lipinski definition) is 2. The number of carbonyl (C=O) groups is 1. The zero-order chi connectivity index (χ0) is 22.0. The summed E-state index contributed by atoms with van der Waals surface area (Å²) in [4.78, 5) is 21.4. The Labute approximate surface area is 182 Å². The fraction of sp³-hybridized carbons (Fsp3) is 0.381. The van der Waals surface area contributed by atoms with E-state index in [1.54, 1.807) is 20.1 Å². The number of methoxy groups -OCH3 is 1. The highest BCUT2D eigenvalue weighted by atomic mass is 32.1. The highest BCUT2D eigenvalue weighted by molar-refractivity contribution is 7.20. The van der Waals surface area contributed by atoms with Crippen LogP contribution in [0.3, 0.4) is 0 Å². The molecule has 1 fully saturated rings. The molecular formula is C21H23FN4O4S. The number of halogens is 1. The quantitative estimate of drug-likeness (QED) is 0.505. The van der Waals surface area contributed by atoms with Gasteiger partial charge in [0.25, 0.3) is 5.91 Å². The highest BCUT2D eigenvalue weighted by Gasteiger charge is 2.28. The largest absolute Gasteiger partial charge is 0.488 e. The number of hydrogen-bond acceptors (Lipinski definition) is 8. The Morgan fingerprint density at radius 1 is 1.32 bits per heavy atom. The van der Waals surface area contributed by atoms with Crippen LogP contribution in [0.15, 0.2) is 24.5 Å². The lowest BCUT2D eigenvalue weighted by molar-refractivity contribution is -0.0709. The highest BCUT2D eigenvalue weighted by Crippen LogP contribution is 2.37. The zero-order valence-electron chi connectivity index (χ0n) is 17.2. The van der Waals surface area contributed by atoms with Gasteiger partial charge in [0.05, 0.1) is 22.1 Å². The van der Waals surface area contributed by atoms with Crippen LogP contribution in [0.2, 0.25) is 0 Å². The summed E-state index contributed by atoms with van der Waals surface area (Å²) in [5.74, 6) is -0.0346. The van der Waals surface area contributed by atoms with E-state index >= 15 is 0 Å². The number of nitrogens with two attached hydrogens (primary N) is 1. The Morgan fingerprint density at radius 3 is 2.90 bits per heavy atom. The van der Waals surface area contributed by atoms with Gasteiger partial charge in [-0.3, -0.25) is 4.79 Å². The van der Waals surface area contributed by atoms with Gasteiger partial charge >= 0.3 is 0 Å². The Morgan fingerprint density at radius 2 is 2.13 bits per heavy atom. The fourth-order valence-corrected chi connectivity index (χ4v) is 4.73. The van der Waals surface area contributed by atoms with Crippen molar-refractivity contribution in [1.82, 2.24) is 9.97 Å². The van der Waals surface area contributed by atoms with Crippen molar-refractivity contribution in [3.05, 3.63) is 40.8 Å². The Kier molecular flexibility index (Phi) is 6.30. The van der Waals surface area contributed by atoms with Crippen LogP contribution in [-0.2, 0) is 9.47 Å². The normalized spacial score (nSPS) is 18.4. The molecule has 2 atom stereocenters. The second kappa shape index (κ2) is 9.13. The van der Waals surface area contributed by atoms with E-state index in [9.17, 15) is 9.18 Å². The molecule has 0 unspecified atom stereocenters. The van der Waals surface area contributed by atoms with E-state index in [0.717, 1.165) is 12.8 Å². The van der Waals surface area contributed by atoms with Crippen LogP contribution in [0.4, 0.5) is 15.9 Å². The number of amides is 1. The molecule has 1 aromatic carbocycles. The molecule has 164 valence electrons. The van der Waals surface area contributed by atoms with E-state index < -0.39 is 11.7 Å². The van der Waals surface area contributed by atoms with Crippen LogP contribution >= 0.6 is 11.3 Å². The van der Waals surface area contributed by atoms with Crippen molar-refractivity contribution in [2.45, 2.75) is 38.4 Å². The Bertz CT molecular complexity index is 1110. The molecule has 0 bridgehead atoms. The van der Waals surface area contributed by atoms with Crippen molar-refractivity contribution < 1.29 is 23.4 Å². The lowest BCUT2D eigenvalue weighted by atomic mass is 10.2. The van der Waals surface area contributed by atoms with Crippen LogP contribution in [0.5, 0.6) is 5.75 Å². The summed E-state index contributed by atoms with van der Waals surface area (Å²) in [5.41, 5.74) is 6.74.